The molecule has 5 nitrogen and oxygen atoms in total. The smallest absolute Gasteiger partial charge is 0.315 e. The molecule has 0 unspecified atom stereocenters. The molecular formula is C24H24N2O3. The molecule has 0 aliphatic carbocycles. The number of rotatable bonds is 5. The molecule has 5 heteroatoms. The number of fused-ring (bicyclic) bond motifs is 1. The summed E-state index contributed by atoms with van der Waals surface area (Å²) in [5.41, 5.74) is 3.02. The van der Waals surface area contributed by atoms with Gasteiger partial charge in [0.25, 0.3) is 0 Å². The van der Waals surface area contributed by atoms with E-state index in [1.54, 1.807) is 0 Å². The van der Waals surface area contributed by atoms with Crippen LogP contribution in [0.2, 0.25) is 0 Å². The summed E-state index contributed by atoms with van der Waals surface area (Å²) in [7, 11) is 0. The van der Waals surface area contributed by atoms with E-state index >= 15 is 0 Å². The van der Waals surface area contributed by atoms with Gasteiger partial charge in [0.05, 0.1) is 19.3 Å². The van der Waals surface area contributed by atoms with Crippen molar-refractivity contribution in [3.63, 3.8) is 0 Å². The Morgan fingerprint density at radius 1 is 0.828 bits per heavy atom. The zero-order chi connectivity index (χ0) is 19.9. The Morgan fingerprint density at radius 2 is 1.45 bits per heavy atom. The summed E-state index contributed by atoms with van der Waals surface area (Å²) in [6.45, 7) is 1.70. The first-order valence-electron chi connectivity index (χ1n) is 9.82. The van der Waals surface area contributed by atoms with Crippen molar-refractivity contribution in [3.05, 3.63) is 95.6 Å². The first-order chi connectivity index (χ1) is 14.3. The highest BCUT2D eigenvalue weighted by molar-refractivity contribution is 5.75. The molecule has 0 bridgehead atoms. The lowest BCUT2D eigenvalue weighted by Crippen LogP contribution is -2.38. The zero-order valence-corrected chi connectivity index (χ0v) is 16.1. The van der Waals surface area contributed by atoms with Crippen LogP contribution in [0.15, 0.2) is 78.9 Å². The number of hydrogen-bond donors (Lipinski definition) is 2. The molecule has 0 aromatic heterocycles. The summed E-state index contributed by atoms with van der Waals surface area (Å²) in [5.74, 6) is 1.48. The molecule has 0 fully saturated rings. The molecule has 2 amide bonds. The van der Waals surface area contributed by atoms with Gasteiger partial charge in [0.2, 0.25) is 0 Å². The minimum atomic E-state index is -0.227. The normalized spacial score (nSPS) is 12.9. The lowest BCUT2D eigenvalue weighted by molar-refractivity contribution is 0.238. The van der Waals surface area contributed by atoms with E-state index < -0.39 is 0 Å². The molecular weight excluding hydrogens is 364 g/mol. The number of benzene rings is 3. The standard InChI is InChI=1S/C24H24N2O3/c27-24(25-17-18-12-13-21-22(16-18)29-15-7-14-28-21)26-23(19-8-3-1-4-9-19)20-10-5-2-6-11-20/h1-6,8-13,16,23H,7,14-15,17H2,(H2,25,26,27). The predicted octanol–water partition coefficient (Wildman–Crippen LogP) is 4.44. The second kappa shape index (κ2) is 9.15. The van der Waals surface area contributed by atoms with E-state index in [9.17, 15) is 4.79 Å². The topological polar surface area (TPSA) is 59.6 Å². The van der Waals surface area contributed by atoms with Crippen molar-refractivity contribution >= 4 is 6.03 Å². The van der Waals surface area contributed by atoms with E-state index in [-0.39, 0.29) is 12.1 Å². The maximum absolute atomic E-state index is 12.6. The van der Waals surface area contributed by atoms with E-state index in [0.717, 1.165) is 34.6 Å². The van der Waals surface area contributed by atoms with E-state index in [4.69, 9.17) is 9.47 Å². The Hall–Kier alpha value is -3.47. The third-order valence-electron chi connectivity index (χ3n) is 4.81. The van der Waals surface area contributed by atoms with Gasteiger partial charge in [-0.25, -0.2) is 4.79 Å². The minimum absolute atomic E-state index is 0.221. The van der Waals surface area contributed by atoms with Crippen LogP contribution in [0.25, 0.3) is 0 Å². The molecule has 3 aromatic rings. The number of amides is 2. The molecule has 1 heterocycles. The Morgan fingerprint density at radius 3 is 2.10 bits per heavy atom. The number of carbonyl (C=O) groups excluding carboxylic acids is 1. The predicted molar refractivity (Wildman–Crippen MR) is 112 cm³/mol. The Kier molecular flexibility index (Phi) is 5.95. The Balaban J connectivity index is 1.43. The summed E-state index contributed by atoms with van der Waals surface area (Å²) in [4.78, 5) is 12.6. The number of carbonyl (C=O) groups is 1. The molecule has 3 aromatic carbocycles. The molecule has 0 radical (unpaired) electrons. The molecule has 0 saturated heterocycles. The second-order valence-corrected chi connectivity index (χ2v) is 6.91. The zero-order valence-electron chi connectivity index (χ0n) is 16.1. The number of urea groups is 1. The summed E-state index contributed by atoms with van der Waals surface area (Å²) in [6, 6.07) is 25.2. The van der Waals surface area contributed by atoms with Crippen LogP contribution in [0, 0.1) is 0 Å². The summed E-state index contributed by atoms with van der Waals surface area (Å²) in [6.07, 6.45) is 0.866. The van der Waals surface area contributed by atoms with Crippen LogP contribution in [0.3, 0.4) is 0 Å². The van der Waals surface area contributed by atoms with Crippen molar-refractivity contribution in [2.75, 3.05) is 13.2 Å². The highest BCUT2D eigenvalue weighted by Crippen LogP contribution is 2.30. The molecule has 0 spiro atoms. The highest BCUT2D eigenvalue weighted by atomic mass is 16.5. The maximum atomic E-state index is 12.6. The lowest BCUT2D eigenvalue weighted by atomic mass is 9.99. The van der Waals surface area contributed by atoms with Gasteiger partial charge >= 0.3 is 6.03 Å². The maximum Gasteiger partial charge on any atom is 0.315 e. The molecule has 2 N–H and O–H groups in total. The number of ether oxygens (including phenoxy) is 2. The van der Waals surface area contributed by atoms with E-state index in [1.807, 2.05) is 78.9 Å². The van der Waals surface area contributed by atoms with Gasteiger partial charge in [0.1, 0.15) is 0 Å². The molecule has 29 heavy (non-hydrogen) atoms. The van der Waals surface area contributed by atoms with Gasteiger partial charge in [-0.2, -0.15) is 0 Å². The fourth-order valence-electron chi connectivity index (χ4n) is 3.33. The third kappa shape index (κ3) is 4.88. The number of nitrogens with one attached hydrogen (secondary N) is 2. The van der Waals surface area contributed by atoms with Crippen molar-refractivity contribution in [1.29, 1.82) is 0 Å². The SMILES string of the molecule is O=C(NCc1ccc2c(c1)OCCCO2)NC(c1ccccc1)c1ccccc1. The molecule has 1 aliphatic rings. The van der Waals surface area contributed by atoms with Crippen molar-refractivity contribution < 1.29 is 14.3 Å². The van der Waals surface area contributed by atoms with Crippen molar-refractivity contribution in [2.45, 2.75) is 19.0 Å². The average Bonchev–Trinajstić information content (AvgIpc) is 3.02. The fourth-order valence-corrected chi connectivity index (χ4v) is 3.33. The van der Waals surface area contributed by atoms with Gasteiger partial charge in [-0.1, -0.05) is 66.7 Å². The van der Waals surface area contributed by atoms with Crippen LogP contribution in [0.4, 0.5) is 4.79 Å². The second-order valence-electron chi connectivity index (χ2n) is 6.91. The number of hydrogen-bond acceptors (Lipinski definition) is 3. The van der Waals surface area contributed by atoms with Crippen LogP contribution in [-0.4, -0.2) is 19.2 Å². The van der Waals surface area contributed by atoms with Gasteiger partial charge in [0.15, 0.2) is 11.5 Å². The Labute approximate surface area is 170 Å². The summed E-state index contributed by atoms with van der Waals surface area (Å²) < 4.78 is 11.4. The fraction of sp³-hybridized carbons (Fsp3) is 0.208. The van der Waals surface area contributed by atoms with E-state index in [0.29, 0.717) is 19.8 Å². The third-order valence-corrected chi connectivity index (χ3v) is 4.81. The monoisotopic (exact) mass is 388 g/mol. The van der Waals surface area contributed by atoms with Crippen molar-refractivity contribution in [1.82, 2.24) is 10.6 Å². The molecule has 1 aliphatic heterocycles. The summed E-state index contributed by atoms with van der Waals surface area (Å²) >= 11 is 0. The minimum Gasteiger partial charge on any atom is -0.490 e. The van der Waals surface area contributed by atoms with Crippen LogP contribution in [0.1, 0.15) is 29.2 Å². The van der Waals surface area contributed by atoms with Crippen LogP contribution in [0.5, 0.6) is 11.5 Å². The van der Waals surface area contributed by atoms with E-state index in [2.05, 4.69) is 10.6 Å². The van der Waals surface area contributed by atoms with Crippen LogP contribution >= 0.6 is 0 Å². The van der Waals surface area contributed by atoms with Crippen LogP contribution in [-0.2, 0) is 6.54 Å². The summed E-state index contributed by atoms with van der Waals surface area (Å²) in [5, 5.41) is 6.03. The lowest BCUT2D eigenvalue weighted by Gasteiger charge is -2.20. The quantitative estimate of drug-likeness (QED) is 0.679. The average molecular weight is 388 g/mol. The molecule has 148 valence electrons. The largest absolute Gasteiger partial charge is 0.490 e. The molecule has 0 atom stereocenters. The van der Waals surface area contributed by atoms with Gasteiger partial charge in [-0.3, -0.25) is 0 Å². The molecule has 0 saturated carbocycles. The first-order valence-corrected chi connectivity index (χ1v) is 9.82. The van der Waals surface area contributed by atoms with Crippen molar-refractivity contribution in [3.8, 4) is 11.5 Å². The molecule has 4 rings (SSSR count). The first kappa shape index (κ1) is 18.9. The van der Waals surface area contributed by atoms with Crippen LogP contribution < -0.4 is 20.1 Å². The van der Waals surface area contributed by atoms with Crippen molar-refractivity contribution in [2.24, 2.45) is 0 Å². The van der Waals surface area contributed by atoms with Gasteiger partial charge in [0, 0.05) is 13.0 Å². The van der Waals surface area contributed by atoms with Gasteiger partial charge in [-0.15, -0.1) is 0 Å². The van der Waals surface area contributed by atoms with E-state index in [1.165, 1.54) is 0 Å². The Bertz CT molecular complexity index is 905. The highest BCUT2D eigenvalue weighted by Gasteiger charge is 2.17. The van der Waals surface area contributed by atoms with Gasteiger partial charge < -0.3 is 20.1 Å². The van der Waals surface area contributed by atoms with Gasteiger partial charge in [-0.05, 0) is 28.8 Å².